The van der Waals surface area contributed by atoms with Crippen LogP contribution >= 0.6 is 35.3 Å². The van der Waals surface area contributed by atoms with Crippen LogP contribution in [0.15, 0.2) is 58.5 Å². The number of thioether (sulfide) groups is 1. The van der Waals surface area contributed by atoms with Gasteiger partial charge >= 0.3 is 0 Å². The smallest absolute Gasteiger partial charge is 0.278 e. The number of benzene rings is 2. The first kappa shape index (κ1) is 24.4. The van der Waals surface area contributed by atoms with E-state index in [1.807, 2.05) is 73.9 Å². The average Bonchev–Trinajstić information content (AvgIpc) is 3.16. The monoisotopic (exact) mass is 510 g/mol. The molecule has 0 fully saturated rings. The number of carbonyl (C=O) groups excluding carboxylic acids is 1. The number of rotatable bonds is 7. The molecule has 0 aliphatic rings. The molecule has 4 rings (SSSR count). The topological polar surface area (TPSA) is 68.9 Å². The molecule has 1 N–H and O–H groups in total. The van der Waals surface area contributed by atoms with Crippen molar-refractivity contribution >= 4 is 51.6 Å². The molecule has 0 bridgehead atoms. The van der Waals surface area contributed by atoms with Crippen molar-refractivity contribution < 1.29 is 4.79 Å². The highest BCUT2D eigenvalue weighted by atomic mass is 32.2. The van der Waals surface area contributed by atoms with Crippen molar-refractivity contribution in [3.05, 3.63) is 74.0 Å². The molecular formula is C25H26N4O2S3. The minimum atomic E-state index is -0.195. The van der Waals surface area contributed by atoms with Gasteiger partial charge < -0.3 is 5.32 Å². The summed E-state index contributed by atoms with van der Waals surface area (Å²) in [5, 5.41) is 3.42. The molecule has 0 spiro atoms. The Morgan fingerprint density at radius 2 is 1.85 bits per heavy atom. The molecule has 4 aromatic rings. The molecule has 0 aliphatic carbocycles. The zero-order chi connectivity index (χ0) is 24.4. The Hall–Kier alpha value is -2.75. The van der Waals surface area contributed by atoms with Crippen LogP contribution in [0.4, 0.5) is 0 Å². The second-order valence-electron chi connectivity index (χ2n) is 8.16. The predicted molar refractivity (Wildman–Crippen MR) is 143 cm³/mol. The van der Waals surface area contributed by atoms with Gasteiger partial charge in [0.1, 0.15) is 4.70 Å². The van der Waals surface area contributed by atoms with Crippen molar-refractivity contribution in [2.45, 2.75) is 45.3 Å². The number of nitrogens with one attached hydrogen (secondary N) is 1. The first-order valence-electron chi connectivity index (χ1n) is 11.0. The molecule has 1 amide bonds. The van der Waals surface area contributed by atoms with E-state index in [9.17, 15) is 9.59 Å². The largest absolute Gasteiger partial charge is 0.353 e. The Labute approximate surface area is 211 Å². The van der Waals surface area contributed by atoms with Gasteiger partial charge in [0, 0.05) is 11.7 Å². The quantitative estimate of drug-likeness (QED) is 0.199. The van der Waals surface area contributed by atoms with Gasteiger partial charge in [-0.1, -0.05) is 54.3 Å². The molecule has 34 heavy (non-hydrogen) atoms. The first-order valence-corrected chi connectivity index (χ1v) is 13.2. The fourth-order valence-corrected chi connectivity index (χ4v) is 5.60. The van der Waals surface area contributed by atoms with Crippen molar-refractivity contribution in [1.29, 1.82) is 0 Å². The van der Waals surface area contributed by atoms with E-state index in [1.165, 1.54) is 28.7 Å². The van der Waals surface area contributed by atoms with Crippen LogP contribution in [0.2, 0.25) is 0 Å². The summed E-state index contributed by atoms with van der Waals surface area (Å²) in [6.07, 6.45) is 0.849. The second-order valence-corrected chi connectivity index (χ2v) is 10.7. The van der Waals surface area contributed by atoms with E-state index in [1.54, 1.807) is 4.57 Å². The van der Waals surface area contributed by atoms with Crippen LogP contribution in [0.5, 0.6) is 0 Å². The Morgan fingerprint density at radius 3 is 2.53 bits per heavy atom. The third kappa shape index (κ3) is 4.87. The van der Waals surface area contributed by atoms with Crippen molar-refractivity contribution in [2.24, 2.45) is 0 Å². The van der Waals surface area contributed by atoms with Crippen molar-refractivity contribution in [1.82, 2.24) is 19.4 Å². The Balaban J connectivity index is 1.88. The van der Waals surface area contributed by atoms with Crippen LogP contribution in [0, 0.1) is 17.8 Å². The maximum atomic E-state index is 13.7. The number of aryl methyl sites for hydroxylation is 2. The molecule has 2 heterocycles. The standard InChI is InChI=1S/C25H26N4O2S3/c1-5-17(4)26-20(30)14-33-24-27-22-21(23(31)29(24)18-9-7-6-8-10-18)34-25(32)28(22)19-12-11-15(2)16(3)13-19/h6-13,17H,5,14H2,1-4H3,(H,26,30). The van der Waals surface area contributed by atoms with Gasteiger partial charge in [-0.05, 0) is 74.8 Å². The summed E-state index contributed by atoms with van der Waals surface area (Å²) in [5.41, 5.74) is 4.20. The maximum Gasteiger partial charge on any atom is 0.278 e. The molecule has 0 saturated carbocycles. The Bertz CT molecular complexity index is 1470. The highest BCUT2D eigenvalue weighted by Gasteiger charge is 2.20. The lowest BCUT2D eigenvalue weighted by Gasteiger charge is -2.14. The molecule has 2 aromatic heterocycles. The fourth-order valence-electron chi connectivity index (χ4n) is 3.48. The average molecular weight is 511 g/mol. The van der Waals surface area contributed by atoms with Crippen LogP contribution in [0.25, 0.3) is 21.7 Å². The van der Waals surface area contributed by atoms with Gasteiger partial charge in [-0.3, -0.25) is 18.7 Å². The van der Waals surface area contributed by atoms with E-state index < -0.39 is 0 Å². The molecule has 2 aromatic carbocycles. The summed E-state index contributed by atoms with van der Waals surface area (Å²) in [6, 6.07) is 15.5. The van der Waals surface area contributed by atoms with E-state index in [0.29, 0.717) is 25.1 Å². The summed E-state index contributed by atoms with van der Waals surface area (Å²) in [7, 11) is 0. The van der Waals surface area contributed by atoms with Gasteiger partial charge in [0.05, 0.1) is 11.4 Å². The summed E-state index contributed by atoms with van der Waals surface area (Å²) in [4.78, 5) is 31.1. The highest BCUT2D eigenvalue weighted by molar-refractivity contribution is 7.99. The van der Waals surface area contributed by atoms with Gasteiger partial charge in [0.25, 0.3) is 5.56 Å². The number of para-hydroxylation sites is 1. The number of amides is 1. The van der Waals surface area contributed by atoms with Crippen LogP contribution in [-0.2, 0) is 4.79 Å². The zero-order valence-electron chi connectivity index (χ0n) is 19.5. The Kier molecular flexibility index (Phi) is 7.35. The first-order chi connectivity index (χ1) is 16.3. The predicted octanol–water partition coefficient (Wildman–Crippen LogP) is 5.59. The lowest BCUT2D eigenvalue weighted by atomic mass is 10.1. The van der Waals surface area contributed by atoms with E-state index in [2.05, 4.69) is 12.2 Å². The van der Waals surface area contributed by atoms with Crippen LogP contribution in [0.1, 0.15) is 31.4 Å². The van der Waals surface area contributed by atoms with Gasteiger partial charge in [0.2, 0.25) is 5.91 Å². The zero-order valence-corrected chi connectivity index (χ0v) is 21.9. The molecular weight excluding hydrogens is 485 g/mol. The number of hydrogen-bond donors (Lipinski definition) is 1. The third-order valence-electron chi connectivity index (χ3n) is 5.69. The number of hydrogen-bond acceptors (Lipinski definition) is 6. The molecule has 6 nitrogen and oxygen atoms in total. The molecule has 0 saturated heterocycles. The number of nitrogens with zero attached hydrogens (tertiary/aromatic N) is 3. The van der Waals surface area contributed by atoms with Crippen molar-refractivity contribution in [3.63, 3.8) is 0 Å². The van der Waals surface area contributed by atoms with E-state index in [0.717, 1.165) is 17.7 Å². The molecule has 1 atom stereocenters. The lowest BCUT2D eigenvalue weighted by molar-refractivity contribution is -0.119. The summed E-state index contributed by atoms with van der Waals surface area (Å²) >= 11 is 8.17. The lowest BCUT2D eigenvalue weighted by Crippen LogP contribution is -2.33. The minimum Gasteiger partial charge on any atom is -0.353 e. The maximum absolute atomic E-state index is 13.7. The highest BCUT2D eigenvalue weighted by Crippen LogP contribution is 2.28. The fraction of sp³-hybridized carbons (Fsp3) is 0.280. The molecule has 0 radical (unpaired) electrons. The van der Waals surface area contributed by atoms with Gasteiger partial charge in [-0.2, -0.15) is 0 Å². The Morgan fingerprint density at radius 1 is 1.12 bits per heavy atom. The summed E-state index contributed by atoms with van der Waals surface area (Å²) in [5.74, 6) is 0.0634. The van der Waals surface area contributed by atoms with E-state index in [4.69, 9.17) is 17.2 Å². The number of aromatic nitrogens is 3. The van der Waals surface area contributed by atoms with E-state index in [-0.39, 0.29) is 23.3 Å². The minimum absolute atomic E-state index is 0.0893. The summed E-state index contributed by atoms with van der Waals surface area (Å²) < 4.78 is 4.46. The normalized spacial score (nSPS) is 12.1. The molecule has 176 valence electrons. The molecule has 1 unspecified atom stereocenters. The van der Waals surface area contributed by atoms with Crippen molar-refractivity contribution in [2.75, 3.05) is 5.75 Å². The summed E-state index contributed by atoms with van der Waals surface area (Å²) in [6.45, 7) is 8.09. The van der Waals surface area contributed by atoms with Crippen LogP contribution in [0.3, 0.4) is 0 Å². The van der Waals surface area contributed by atoms with Crippen LogP contribution in [-0.4, -0.2) is 31.8 Å². The second kappa shape index (κ2) is 10.2. The number of fused-ring (bicyclic) bond motifs is 1. The molecule has 9 heteroatoms. The molecule has 0 aliphatic heterocycles. The van der Waals surface area contributed by atoms with Crippen molar-refractivity contribution in [3.8, 4) is 11.4 Å². The van der Waals surface area contributed by atoms with Gasteiger partial charge in [-0.25, -0.2) is 4.98 Å². The van der Waals surface area contributed by atoms with Gasteiger partial charge in [-0.15, -0.1) is 0 Å². The SMILES string of the molecule is CCC(C)NC(=O)CSc1nc2c(sc(=S)n2-c2ccc(C)c(C)c2)c(=O)n1-c1ccccc1. The van der Waals surface area contributed by atoms with Gasteiger partial charge in [0.15, 0.2) is 14.8 Å². The number of carbonyl (C=O) groups is 1. The van der Waals surface area contributed by atoms with Crippen LogP contribution < -0.4 is 10.9 Å². The van der Waals surface area contributed by atoms with E-state index >= 15 is 0 Å². The number of thiazole rings is 1. The third-order valence-corrected chi connectivity index (χ3v) is 7.98.